The molecule has 0 spiro atoms. The fourth-order valence-corrected chi connectivity index (χ4v) is 1.98. The van der Waals surface area contributed by atoms with E-state index in [1.807, 2.05) is 0 Å². The number of hydrogen-bond donors (Lipinski definition) is 1. The maximum Gasteiger partial charge on any atom is 0.220 e. The number of benzene rings is 1. The molecule has 0 aromatic heterocycles. The molecule has 0 aliphatic heterocycles. The number of carbonyl (C=O) groups is 2. The number of carbonyl (C=O) groups excluding carboxylic acids is 2. The Morgan fingerprint density at radius 3 is 2.45 bits per heavy atom. The molecule has 0 aliphatic carbocycles. The molecule has 22 heavy (non-hydrogen) atoms. The van der Waals surface area contributed by atoms with E-state index in [-0.39, 0.29) is 31.1 Å². The van der Waals surface area contributed by atoms with Crippen molar-refractivity contribution in [2.75, 3.05) is 27.9 Å². The summed E-state index contributed by atoms with van der Waals surface area (Å²) in [6.07, 6.45) is -0.380. The van der Waals surface area contributed by atoms with Gasteiger partial charge in [-0.05, 0) is 18.2 Å². The van der Waals surface area contributed by atoms with Gasteiger partial charge in [0.25, 0.3) is 0 Å². The quantitative estimate of drug-likeness (QED) is 0.554. The Bertz CT molecular complexity index is 517. The summed E-state index contributed by atoms with van der Waals surface area (Å²) in [6.45, 7) is 0.223. The number of hydrogen-bond acceptors (Lipinski definition) is 5. The Balaban J connectivity index is 2.52. The lowest BCUT2D eigenvalue weighted by Gasteiger charge is -2.14. The standard InChI is InChI=1S/C15H20ClNO5/c1-20-13-6-4-10(16)8-11(13)12(18)5-7-14(19)17-9-15(21-2)22-3/h4,6,8,15H,5,7,9H2,1-3H3,(H,17,19). The molecule has 0 atom stereocenters. The fourth-order valence-electron chi connectivity index (χ4n) is 1.81. The van der Waals surface area contributed by atoms with Crippen LogP contribution in [0.1, 0.15) is 23.2 Å². The maximum atomic E-state index is 12.2. The fraction of sp³-hybridized carbons (Fsp3) is 0.467. The third-order valence-corrected chi connectivity index (χ3v) is 3.27. The van der Waals surface area contributed by atoms with Gasteiger partial charge in [0, 0.05) is 32.1 Å². The average Bonchev–Trinajstić information content (AvgIpc) is 2.53. The number of nitrogens with one attached hydrogen (secondary N) is 1. The second-order valence-electron chi connectivity index (χ2n) is 4.47. The molecule has 0 unspecified atom stereocenters. The van der Waals surface area contributed by atoms with E-state index in [4.69, 9.17) is 25.8 Å². The minimum atomic E-state index is -0.507. The largest absolute Gasteiger partial charge is 0.496 e. The number of methoxy groups -OCH3 is 3. The Labute approximate surface area is 134 Å². The molecule has 1 aromatic rings. The van der Waals surface area contributed by atoms with Gasteiger partial charge in [-0.15, -0.1) is 0 Å². The molecule has 6 nitrogen and oxygen atoms in total. The van der Waals surface area contributed by atoms with E-state index in [1.165, 1.54) is 27.4 Å². The molecule has 0 aliphatic rings. The molecule has 0 fully saturated rings. The molecule has 7 heteroatoms. The molecule has 1 N–H and O–H groups in total. The van der Waals surface area contributed by atoms with Crippen LogP contribution in [0.15, 0.2) is 18.2 Å². The summed E-state index contributed by atoms with van der Waals surface area (Å²) in [5, 5.41) is 3.07. The van der Waals surface area contributed by atoms with Crippen molar-refractivity contribution in [3.63, 3.8) is 0 Å². The van der Waals surface area contributed by atoms with Gasteiger partial charge >= 0.3 is 0 Å². The molecule has 1 aromatic carbocycles. The highest BCUT2D eigenvalue weighted by Crippen LogP contribution is 2.24. The lowest BCUT2D eigenvalue weighted by atomic mass is 10.1. The molecule has 0 heterocycles. The first-order valence-electron chi connectivity index (χ1n) is 6.70. The summed E-state index contributed by atoms with van der Waals surface area (Å²) in [7, 11) is 4.44. The van der Waals surface area contributed by atoms with E-state index >= 15 is 0 Å². The van der Waals surface area contributed by atoms with Gasteiger partial charge < -0.3 is 19.5 Å². The Kier molecular flexibility index (Phi) is 7.87. The predicted octanol–water partition coefficient (Wildman–Crippen LogP) is 2.05. The number of rotatable bonds is 9. The number of Topliss-reactive ketones (excluding diaryl/α,β-unsaturated/α-hetero) is 1. The van der Waals surface area contributed by atoms with Crippen LogP contribution in [0, 0.1) is 0 Å². The van der Waals surface area contributed by atoms with Gasteiger partial charge in [0.2, 0.25) is 5.91 Å². The minimum Gasteiger partial charge on any atom is -0.496 e. The van der Waals surface area contributed by atoms with Crippen molar-refractivity contribution in [3.8, 4) is 5.75 Å². The van der Waals surface area contributed by atoms with E-state index in [9.17, 15) is 9.59 Å². The van der Waals surface area contributed by atoms with Gasteiger partial charge in [0.05, 0.1) is 19.2 Å². The molecule has 122 valence electrons. The lowest BCUT2D eigenvalue weighted by Crippen LogP contribution is -2.34. The van der Waals surface area contributed by atoms with Crippen molar-refractivity contribution >= 4 is 23.3 Å². The maximum absolute atomic E-state index is 12.2. The zero-order chi connectivity index (χ0) is 16.5. The predicted molar refractivity (Wildman–Crippen MR) is 82.4 cm³/mol. The van der Waals surface area contributed by atoms with Crippen molar-refractivity contribution in [1.82, 2.24) is 5.32 Å². The Hall–Kier alpha value is -1.63. The molecule has 1 amide bonds. The highest BCUT2D eigenvalue weighted by Gasteiger charge is 2.15. The average molecular weight is 330 g/mol. The van der Waals surface area contributed by atoms with Gasteiger partial charge in [0.15, 0.2) is 12.1 Å². The number of amides is 1. The Morgan fingerprint density at radius 1 is 1.18 bits per heavy atom. The molecule has 0 radical (unpaired) electrons. The van der Waals surface area contributed by atoms with Crippen molar-refractivity contribution in [2.24, 2.45) is 0 Å². The van der Waals surface area contributed by atoms with Gasteiger partial charge in [-0.3, -0.25) is 9.59 Å². The van der Waals surface area contributed by atoms with E-state index in [2.05, 4.69) is 5.32 Å². The van der Waals surface area contributed by atoms with Gasteiger partial charge in [0.1, 0.15) is 5.75 Å². The summed E-state index contributed by atoms with van der Waals surface area (Å²) in [5.74, 6) is -0.0217. The van der Waals surface area contributed by atoms with Crippen molar-refractivity contribution < 1.29 is 23.8 Å². The molecule has 0 saturated carbocycles. The van der Waals surface area contributed by atoms with E-state index < -0.39 is 6.29 Å². The van der Waals surface area contributed by atoms with Crippen molar-refractivity contribution in [1.29, 1.82) is 0 Å². The summed E-state index contributed by atoms with van der Waals surface area (Å²) in [5.41, 5.74) is 0.370. The smallest absolute Gasteiger partial charge is 0.220 e. The lowest BCUT2D eigenvalue weighted by molar-refractivity contribution is -0.127. The summed E-state index contributed by atoms with van der Waals surface area (Å²) in [4.78, 5) is 23.9. The molecule has 1 rings (SSSR count). The van der Waals surface area contributed by atoms with E-state index in [0.29, 0.717) is 16.3 Å². The topological polar surface area (TPSA) is 73.9 Å². The van der Waals surface area contributed by atoms with Crippen LogP contribution in [0.3, 0.4) is 0 Å². The SMILES string of the molecule is COc1ccc(Cl)cc1C(=O)CCC(=O)NCC(OC)OC. The van der Waals surface area contributed by atoms with Crippen LogP contribution >= 0.6 is 11.6 Å². The first-order valence-corrected chi connectivity index (χ1v) is 7.08. The highest BCUT2D eigenvalue weighted by molar-refractivity contribution is 6.31. The minimum absolute atomic E-state index is 0.0627. The van der Waals surface area contributed by atoms with E-state index in [0.717, 1.165) is 0 Å². The first kappa shape index (κ1) is 18.4. The molecule has 0 bridgehead atoms. The summed E-state index contributed by atoms with van der Waals surface area (Å²) < 4.78 is 15.0. The number of ketones is 1. The first-order chi connectivity index (χ1) is 10.5. The van der Waals surface area contributed by atoms with Crippen LogP contribution in [0.2, 0.25) is 5.02 Å². The van der Waals surface area contributed by atoms with Crippen LogP contribution in [-0.2, 0) is 14.3 Å². The second kappa shape index (κ2) is 9.40. The molecule has 0 saturated heterocycles. The second-order valence-corrected chi connectivity index (χ2v) is 4.91. The van der Waals surface area contributed by atoms with Crippen LogP contribution in [0.5, 0.6) is 5.75 Å². The van der Waals surface area contributed by atoms with Crippen LogP contribution in [0.4, 0.5) is 0 Å². The summed E-state index contributed by atoms with van der Waals surface area (Å²) in [6, 6.07) is 4.80. The normalized spacial score (nSPS) is 10.6. The molecular formula is C15H20ClNO5. The zero-order valence-corrected chi connectivity index (χ0v) is 13.6. The van der Waals surface area contributed by atoms with Crippen molar-refractivity contribution in [2.45, 2.75) is 19.1 Å². The third kappa shape index (κ3) is 5.63. The zero-order valence-electron chi connectivity index (χ0n) is 12.8. The van der Waals surface area contributed by atoms with E-state index in [1.54, 1.807) is 12.1 Å². The van der Waals surface area contributed by atoms with Gasteiger partial charge in [-0.1, -0.05) is 11.6 Å². The monoisotopic (exact) mass is 329 g/mol. The number of ether oxygens (including phenoxy) is 3. The highest BCUT2D eigenvalue weighted by atomic mass is 35.5. The van der Waals surface area contributed by atoms with Crippen LogP contribution < -0.4 is 10.1 Å². The van der Waals surface area contributed by atoms with Gasteiger partial charge in [-0.25, -0.2) is 0 Å². The number of halogens is 1. The van der Waals surface area contributed by atoms with Crippen molar-refractivity contribution in [3.05, 3.63) is 28.8 Å². The van der Waals surface area contributed by atoms with Crippen LogP contribution in [-0.4, -0.2) is 45.9 Å². The summed E-state index contributed by atoms with van der Waals surface area (Å²) >= 11 is 5.88. The van der Waals surface area contributed by atoms with Crippen LogP contribution in [0.25, 0.3) is 0 Å². The molecular weight excluding hydrogens is 310 g/mol. The van der Waals surface area contributed by atoms with Gasteiger partial charge in [-0.2, -0.15) is 0 Å². The third-order valence-electron chi connectivity index (χ3n) is 3.03. The Morgan fingerprint density at radius 2 is 1.86 bits per heavy atom.